The van der Waals surface area contributed by atoms with E-state index in [0.29, 0.717) is 19.4 Å². The van der Waals surface area contributed by atoms with E-state index in [4.69, 9.17) is 5.73 Å². The number of rotatable bonds is 7. The zero-order chi connectivity index (χ0) is 27.1. The van der Waals surface area contributed by atoms with Gasteiger partial charge in [-0.15, -0.1) is 0 Å². The van der Waals surface area contributed by atoms with Crippen LogP contribution in [0.15, 0.2) is 0 Å². The number of piperidine rings is 1. The van der Waals surface area contributed by atoms with Crippen LogP contribution in [0.2, 0.25) is 0 Å². The van der Waals surface area contributed by atoms with E-state index in [1.54, 1.807) is 5.32 Å². The number of amides is 5. The Morgan fingerprint density at radius 3 is 2.25 bits per heavy atom. The molecule has 1 aliphatic carbocycles. The van der Waals surface area contributed by atoms with Crippen molar-refractivity contribution < 1.29 is 37.1 Å². The highest BCUT2D eigenvalue weighted by atomic mass is 19.4. The summed E-state index contributed by atoms with van der Waals surface area (Å²) in [5.74, 6) is -5.27. The summed E-state index contributed by atoms with van der Waals surface area (Å²) < 4.78 is 38.9. The average molecular weight is 518 g/mol. The summed E-state index contributed by atoms with van der Waals surface area (Å²) in [6.07, 6.45) is -2.12. The van der Waals surface area contributed by atoms with Crippen LogP contribution in [-0.2, 0) is 24.0 Å². The molecule has 5 N–H and O–H groups in total. The molecule has 0 bridgehead atoms. The number of nitrogens with two attached hydrogens (primary N) is 1. The van der Waals surface area contributed by atoms with Crippen molar-refractivity contribution in [2.45, 2.75) is 83.6 Å². The quantitative estimate of drug-likeness (QED) is 0.384. The normalized spacial score (nSPS) is 25.1. The summed E-state index contributed by atoms with van der Waals surface area (Å²) >= 11 is 0. The van der Waals surface area contributed by atoms with Gasteiger partial charge in [-0.25, -0.2) is 0 Å². The minimum atomic E-state index is -5.18. The highest BCUT2D eigenvalue weighted by Crippen LogP contribution is 2.55. The van der Waals surface area contributed by atoms with Gasteiger partial charge in [-0.05, 0) is 49.4 Å². The van der Waals surface area contributed by atoms with E-state index in [0.717, 1.165) is 12.8 Å². The Bertz CT molecular complexity index is 928. The smallest absolute Gasteiger partial charge is 0.368 e. The SMILES string of the molecule is CC(C)(C)[C@H](NC(=O)C(F)(F)F)C(=O)N1CCC2(CC2)C[C@H]1C(=O)N[C@@H](C[C@@H]1CCNC1=O)C(N)=O. The fourth-order valence-corrected chi connectivity index (χ4v) is 4.96. The van der Waals surface area contributed by atoms with E-state index in [2.05, 4.69) is 10.6 Å². The zero-order valence-electron chi connectivity index (χ0n) is 20.7. The number of carbonyl (C=O) groups is 5. The maximum Gasteiger partial charge on any atom is 0.471 e. The maximum absolute atomic E-state index is 13.5. The molecule has 0 aromatic carbocycles. The third-order valence-corrected chi connectivity index (χ3v) is 7.42. The van der Waals surface area contributed by atoms with Crippen LogP contribution < -0.4 is 21.7 Å². The molecule has 2 aliphatic heterocycles. The van der Waals surface area contributed by atoms with Gasteiger partial charge in [0.05, 0.1) is 0 Å². The fraction of sp³-hybridized carbons (Fsp3) is 0.783. The number of primary amides is 1. The number of nitrogens with zero attached hydrogens (tertiary/aromatic N) is 1. The van der Waals surface area contributed by atoms with E-state index >= 15 is 0 Å². The van der Waals surface area contributed by atoms with E-state index < -0.39 is 59.3 Å². The summed E-state index contributed by atoms with van der Waals surface area (Å²) in [4.78, 5) is 63.8. The molecule has 3 rings (SSSR count). The van der Waals surface area contributed by atoms with Crippen LogP contribution in [0.4, 0.5) is 13.2 Å². The zero-order valence-corrected chi connectivity index (χ0v) is 20.7. The Labute approximate surface area is 207 Å². The summed E-state index contributed by atoms with van der Waals surface area (Å²) in [5, 5.41) is 7.02. The predicted octanol–water partition coefficient (Wildman–Crippen LogP) is 0.347. The molecule has 202 valence electrons. The molecular formula is C23H34F3N5O5. The molecule has 0 unspecified atom stereocenters. The van der Waals surface area contributed by atoms with Crippen LogP contribution in [0.3, 0.4) is 0 Å². The second-order valence-corrected chi connectivity index (χ2v) is 11.2. The molecule has 0 aromatic heterocycles. The standard InChI is InChI=1S/C23H34F3N5O5/c1-21(2,3)15(30-20(36)23(24,25)26)19(35)31-9-7-22(5-6-22)11-14(31)18(34)29-13(16(27)32)10-12-4-8-28-17(12)33/h12-15H,4-11H2,1-3H3,(H2,27,32)(H,28,33)(H,29,34)(H,30,36)/t12-,13-,14-,15+/m0/s1. The topological polar surface area (TPSA) is 151 Å². The molecular weight excluding hydrogens is 483 g/mol. The third kappa shape index (κ3) is 6.28. The van der Waals surface area contributed by atoms with Gasteiger partial charge in [0.1, 0.15) is 18.1 Å². The second-order valence-electron chi connectivity index (χ2n) is 11.2. The second kappa shape index (κ2) is 9.89. The summed E-state index contributed by atoms with van der Waals surface area (Å²) in [6.45, 7) is 5.13. The Kier molecular flexibility index (Phi) is 7.62. The van der Waals surface area contributed by atoms with Gasteiger partial charge >= 0.3 is 12.1 Å². The van der Waals surface area contributed by atoms with Crippen molar-refractivity contribution in [2.24, 2.45) is 22.5 Å². The van der Waals surface area contributed by atoms with Crippen molar-refractivity contribution in [1.82, 2.24) is 20.9 Å². The molecule has 2 heterocycles. The number of hydrogen-bond donors (Lipinski definition) is 4. The fourth-order valence-electron chi connectivity index (χ4n) is 4.96. The van der Waals surface area contributed by atoms with Gasteiger partial charge < -0.3 is 26.6 Å². The summed E-state index contributed by atoms with van der Waals surface area (Å²) in [6, 6.07) is -3.74. The van der Waals surface area contributed by atoms with E-state index in [1.165, 1.54) is 25.7 Å². The van der Waals surface area contributed by atoms with Gasteiger partial charge in [-0.1, -0.05) is 20.8 Å². The molecule has 10 nitrogen and oxygen atoms in total. The first-order valence-corrected chi connectivity index (χ1v) is 12.1. The van der Waals surface area contributed by atoms with Crippen LogP contribution >= 0.6 is 0 Å². The molecule has 1 saturated carbocycles. The van der Waals surface area contributed by atoms with Crippen molar-refractivity contribution in [3.05, 3.63) is 0 Å². The van der Waals surface area contributed by atoms with Crippen LogP contribution in [0, 0.1) is 16.7 Å². The Hall–Kier alpha value is -2.86. The van der Waals surface area contributed by atoms with Crippen molar-refractivity contribution in [3.63, 3.8) is 0 Å². The Balaban J connectivity index is 1.81. The van der Waals surface area contributed by atoms with Gasteiger partial charge in [0.25, 0.3) is 0 Å². The molecule has 0 radical (unpaired) electrons. The van der Waals surface area contributed by atoms with Gasteiger partial charge in [0.2, 0.25) is 23.6 Å². The predicted molar refractivity (Wildman–Crippen MR) is 121 cm³/mol. The Morgan fingerprint density at radius 1 is 1.14 bits per heavy atom. The number of hydrogen-bond acceptors (Lipinski definition) is 5. The monoisotopic (exact) mass is 517 g/mol. The summed E-state index contributed by atoms with van der Waals surface area (Å²) in [7, 11) is 0. The van der Waals surface area contributed by atoms with Crippen LogP contribution in [0.1, 0.15) is 59.3 Å². The summed E-state index contributed by atoms with van der Waals surface area (Å²) in [5.41, 5.74) is 4.26. The number of carbonyl (C=O) groups excluding carboxylic acids is 5. The first-order chi connectivity index (χ1) is 16.5. The largest absolute Gasteiger partial charge is 0.471 e. The number of likely N-dealkylation sites (tertiary alicyclic amines) is 1. The number of alkyl halides is 3. The molecule has 0 aromatic rings. The van der Waals surface area contributed by atoms with E-state index in [1.807, 2.05) is 0 Å². The van der Waals surface area contributed by atoms with Crippen molar-refractivity contribution in [1.29, 1.82) is 0 Å². The minimum absolute atomic E-state index is 0.00493. The highest BCUT2D eigenvalue weighted by Gasteiger charge is 2.53. The average Bonchev–Trinajstić information content (AvgIpc) is 3.39. The van der Waals surface area contributed by atoms with Crippen molar-refractivity contribution >= 4 is 29.5 Å². The van der Waals surface area contributed by atoms with Gasteiger partial charge in [0, 0.05) is 19.0 Å². The lowest BCUT2D eigenvalue weighted by Crippen LogP contribution is -2.63. The lowest BCUT2D eigenvalue weighted by Gasteiger charge is -2.43. The molecule has 36 heavy (non-hydrogen) atoms. The van der Waals surface area contributed by atoms with Gasteiger partial charge in [-0.2, -0.15) is 13.2 Å². The first-order valence-electron chi connectivity index (χ1n) is 12.1. The van der Waals surface area contributed by atoms with Crippen LogP contribution in [0.25, 0.3) is 0 Å². The lowest BCUT2D eigenvalue weighted by molar-refractivity contribution is -0.176. The molecule has 5 amide bonds. The number of nitrogens with one attached hydrogen (secondary N) is 3. The first kappa shape index (κ1) is 27.7. The Morgan fingerprint density at radius 2 is 1.78 bits per heavy atom. The molecule has 3 fully saturated rings. The van der Waals surface area contributed by atoms with Crippen molar-refractivity contribution in [3.8, 4) is 0 Å². The van der Waals surface area contributed by atoms with Crippen molar-refractivity contribution in [2.75, 3.05) is 13.1 Å². The van der Waals surface area contributed by atoms with Gasteiger partial charge in [0.15, 0.2) is 0 Å². The lowest BCUT2D eigenvalue weighted by atomic mass is 9.82. The molecule has 2 saturated heterocycles. The number of halogens is 3. The maximum atomic E-state index is 13.5. The minimum Gasteiger partial charge on any atom is -0.368 e. The molecule has 4 atom stereocenters. The highest BCUT2D eigenvalue weighted by molar-refractivity contribution is 5.95. The van der Waals surface area contributed by atoms with Crippen LogP contribution in [-0.4, -0.2) is 71.8 Å². The van der Waals surface area contributed by atoms with E-state index in [9.17, 15) is 37.1 Å². The molecule has 1 spiro atoms. The molecule has 13 heteroatoms. The van der Waals surface area contributed by atoms with Crippen LogP contribution in [0.5, 0.6) is 0 Å². The molecule has 3 aliphatic rings. The van der Waals surface area contributed by atoms with Gasteiger partial charge in [-0.3, -0.25) is 24.0 Å². The van der Waals surface area contributed by atoms with E-state index in [-0.39, 0.29) is 30.7 Å². The third-order valence-electron chi connectivity index (χ3n) is 7.42.